The molecule has 0 amide bonds. The zero-order valence-corrected chi connectivity index (χ0v) is 18.9. The topological polar surface area (TPSA) is 58.4 Å². The van der Waals surface area contributed by atoms with Crippen molar-refractivity contribution in [2.75, 3.05) is 42.2 Å². The van der Waals surface area contributed by atoms with Crippen molar-refractivity contribution in [1.29, 1.82) is 0 Å². The molecule has 0 atom stereocenters. The molecule has 2 aromatic heterocycles. The van der Waals surface area contributed by atoms with Crippen LogP contribution >= 0.6 is 0 Å². The Hall–Kier alpha value is -2.54. The van der Waals surface area contributed by atoms with Crippen LogP contribution in [0.2, 0.25) is 0 Å². The van der Waals surface area contributed by atoms with Crippen LogP contribution in [0.15, 0.2) is 53.6 Å². The van der Waals surface area contributed by atoms with Crippen molar-refractivity contribution in [3.05, 3.63) is 48.7 Å². The number of piperazine rings is 1. The molecule has 3 heterocycles. The van der Waals surface area contributed by atoms with Crippen molar-refractivity contribution in [1.82, 2.24) is 9.55 Å². The lowest BCUT2D eigenvalue weighted by atomic mass is 9.95. The van der Waals surface area contributed by atoms with E-state index in [9.17, 15) is 8.42 Å². The molecule has 0 N–H and O–H groups in total. The molecule has 7 heteroatoms. The first kappa shape index (κ1) is 20.4. The van der Waals surface area contributed by atoms with E-state index < -0.39 is 9.84 Å². The van der Waals surface area contributed by atoms with Crippen LogP contribution in [-0.4, -0.2) is 50.4 Å². The second-order valence-corrected chi connectivity index (χ2v) is 10.9. The molecule has 3 aromatic rings. The van der Waals surface area contributed by atoms with Gasteiger partial charge in [-0.1, -0.05) is 19.3 Å². The molecular formula is C24H30N4O2S. The molecule has 0 radical (unpaired) electrons. The number of nitrogens with zero attached hydrogens (tertiary/aromatic N) is 4. The van der Waals surface area contributed by atoms with Gasteiger partial charge in [-0.25, -0.2) is 13.4 Å². The zero-order chi connectivity index (χ0) is 21.4. The van der Waals surface area contributed by atoms with Gasteiger partial charge in [0.25, 0.3) is 0 Å². The van der Waals surface area contributed by atoms with E-state index >= 15 is 0 Å². The lowest BCUT2D eigenvalue weighted by Gasteiger charge is -2.37. The monoisotopic (exact) mass is 438 g/mol. The Balaban J connectivity index is 1.30. The fraction of sp³-hybridized carbons (Fsp3) is 0.458. The van der Waals surface area contributed by atoms with Gasteiger partial charge in [-0.3, -0.25) is 0 Å². The summed E-state index contributed by atoms with van der Waals surface area (Å²) in [6, 6.07) is 14.3. The number of fused-ring (bicyclic) bond motifs is 1. The van der Waals surface area contributed by atoms with Gasteiger partial charge in [-0.05, 0) is 55.3 Å². The van der Waals surface area contributed by atoms with Crippen molar-refractivity contribution in [3.8, 4) is 0 Å². The van der Waals surface area contributed by atoms with E-state index in [4.69, 9.17) is 4.98 Å². The van der Waals surface area contributed by atoms with Gasteiger partial charge in [-0.15, -0.1) is 0 Å². The Kier molecular flexibility index (Phi) is 5.38. The predicted octanol–water partition coefficient (Wildman–Crippen LogP) is 4.27. The number of benzene rings is 1. The Bertz CT molecular complexity index is 1160. The largest absolute Gasteiger partial charge is 0.368 e. The molecule has 164 valence electrons. The first-order valence-corrected chi connectivity index (χ1v) is 13.2. The van der Waals surface area contributed by atoms with E-state index in [0.29, 0.717) is 10.9 Å². The number of rotatable bonds is 4. The second-order valence-electron chi connectivity index (χ2n) is 8.84. The van der Waals surface area contributed by atoms with Crippen LogP contribution in [0.5, 0.6) is 0 Å². The molecule has 2 fully saturated rings. The molecule has 5 rings (SSSR count). The number of hydrogen-bond acceptors (Lipinski definition) is 5. The summed E-state index contributed by atoms with van der Waals surface area (Å²) < 4.78 is 25.8. The molecule has 31 heavy (non-hydrogen) atoms. The van der Waals surface area contributed by atoms with Gasteiger partial charge < -0.3 is 14.4 Å². The Morgan fingerprint density at radius 1 is 0.839 bits per heavy atom. The second kappa shape index (κ2) is 8.19. The highest BCUT2D eigenvalue weighted by atomic mass is 32.2. The Morgan fingerprint density at radius 3 is 2.19 bits per heavy atom. The minimum atomic E-state index is -3.16. The normalized spacial score (nSPS) is 18.6. The molecule has 0 spiro atoms. The molecule has 1 saturated heterocycles. The van der Waals surface area contributed by atoms with E-state index in [-0.39, 0.29) is 0 Å². The third-order valence-corrected chi connectivity index (χ3v) is 7.88. The molecular weight excluding hydrogens is 408 g/mol. The minimum Gasteiger partial charge on any atom is -0.368 e. The molecule has 6 nitrogen and oxygen atoms in total. The summed E-state index contributed by atoms with van der Waals surface area (Å²) in [7, 11) is -3.16. The standard InChI is InChI=1S/C24H30N4O2S/c1-31(29,30)22-10-8-20(9-11-22)26-15-17-27(18-16-26)23-12-7-19-13-14-28(24(19)25-23)21-5-3-2-4-6-21/h7-14,21H,2-6,15-18H2,1H3. The number of sulfone groups is 1. The van der Waals surface area contributed by atoms with Gasteiger partial charge in [0.05, 0.1) is 4.90 Å². The van der Waals surface area contributed by atoms with Gasteiger partial charge >= 0.3 is 0 Å². The number of pyridine rings is 1. The lowest BCUT2D eigenvalue weighted by molar-refractivity contribution is 0.359. The van der Waals surface area contributed by atoms with Crippen LogP contribution in [0.1, 0.15) is 38.1 Å². The summed E-state index contributed by atoms with van der Waals surface area (Å²) in [4.78, 5) is 10.1. The van der Waals surface area contributed by atoms with Crippen LogP contribution in [0.4, 0.5) is 11.5 Å². The van der Waals surface area contributed by atoms with Gasteiger partial charge in [0.1, 0.15) is 11.5 Å². The molecule has 1 saturated carbocycles. The van der Waals surface area contributed by atoms with Crippen LogP contribution in [-0.2, 0) is 9.84 Å². The first-order chi connectivity index (χ1) is 15.0. The quantitative estimate of drug-likeness (QED) is 0.609. The van der Waals surface area contributed by atoms with E-state index in [1.807, 2.05) is 12.1 Å². The fourth-order valence-corrected chi connectivity index (χ4v) is 5.58. The highest BCUT2D eigenvalue weighted by Crippen LogP contribution is 2.32. The van der Waals surface area contributed by atoms with Crippen molar-refractivity contribution < 1.29 is 8.42 Å². The highest BCUT2D eigenvalue weighted by Gasteiger charge is 2.21. The predicted molar refractivity (Wildman–Crippen MR) is 126 cm³/mol. The van der Waals surface area contributed by atoms with Gasteiger partial charge in [0, 0.05) is 55.7 Å². The van der Waals surface area contributed by atoms with Crippen LogP contribution in [0.25, 0.3) is 11.0 Å². The molecule has 1 aliphatic carbocycles. The summed E-state index contributed by atoms with van der Waals surface area (Å²) in [5.74, 6) is 1.05. The SMILES string of the molecule is CS(=O)(=O)c1ccc(N2CCN(c3ccc4ccn(C5CCCCC5)c4n3)CC2)cc1. The summed E-state index contributed by atoms with van der Waals surface area (Å²) in [6.07, 6.45) is 9.97. The molecule has 2 aliphatic rings. The van der Waals surface area contributed by atoms with E-state index in [1.165, 1.54) is 43.7 Å². The van der Waals surface area contributed by atoms with Gasteiger partial charge in [0.15, 0.2) is 9.84 Å². The van der Waals surface area contributed by atoms with Crippen LogP contribution in [0, 0.1) is 0 Å². The van der Waals surface area contributed by atoms with Crippen molar-refractivity contribution >= 4 is 32.4 Å². The number of aromatic nitrogens is 2. The maximum atomic E-state index is 11.7. The first-order valence-electron chi connectivity index (χ1n) is 11.3. The summed E-state index contributed by atoms with van der Waals surface area (Å²) in [6.45, 7) is 3.58. The van der Waals surface area contributed by atoms with E-state index in [1.54, 1.807) is 12.1 Å². The fourth-order valence-electron chi connectivity index (χ4n) is 4.95. The van der Waals surface area contributed by atoms with Crippen molar-refractivity contribution in [2.24, 2.45) is 0 Å². The Morgan fingerprint density at radius 2 is 1.52 bits per heavy atom. The van der Waals surface area contributed by atoms with Crippen molar-refractivity contribution in [3.63, 3.8) is 0 Å². The van der Waals surface area contributed by atoms with Crippen LogP contribution < -0.4 is 9.80 Å². The highest BCUT2D eigenvalue weighted by molar-refractivity contribution is 7.90. The average Bonchev–Trinajstić information content (AvgIpc) is 3.23. The van der Waals surface area contributed by atoms with Gasteiger partial charge in [0.2, 0.25) is 0 Å². The molecule has 1 aliphatic heterocycles. The number of anilines is 2. The maximum Gasteiger partial charge on any atom is 0.175 e. The lowest BCUT2D eigenvalue weighted by Crippen LogP contribution is -2.46. The minimum absolute atomic E-state index is 0.369. The summed E-state index contributed by atoms with van der Waals surface area (Å²) in [5.41, 5.74) is 2.19. The third-order valence-electron chi connectivity index (χ3n) is 6.75. The van der Waals surface area contributed by atoms with Crippen molar-refractivity contribution in [2.45, 2.75) is 43.0 Å². The smallest absolute Gasteiger partial charge is 0.175 e. The van der Waals surface area contributed by atoms with E-state index in [0.717, 1.165) is 43.3 Å². The van der Waals surface area contributed by atoms with Crippen LogP contribution in [0.3, 0.4) is 0 Å². The summed E-state index contributed by atoms with van der Waals surface area (Å²) >= 11 is 0. The molecule has 0 unspecified atom stereocenters. The average molecular weight is 439 g/mol. The van der Waals surface area contributed by atoms with E-state index in [2.05, 4.69) is 38.8 Å². The third kappa shape index (κ3) is 4.15. The Labute approximate surface area is 184 Å². The molecule has 1 aromatic carbocycles. The summed E-state index contributed by atoms with van der Waals surface area (Å²) in [5, 5.41) is 1.22. The number of hydrogen-bond donors (Lipinski definition) is 0. The zero-order valence-electron chi connectivity index (χ0n) is 18.1. The molecule has 0 bridgehead atoms. The maximum absolute atomic E-state index is 11.7. The van der Waals surface area contributed by atoms with Gasteiger partial charge in [-0.2, -0.15) is 0 Å².